The lowest BCUT2D eigenvalue weighted by Gasteiger charge is -2.34. The number of hydrogen-bond donors (Lipinski definition) is 0. The van der Waals surface area contributed by atoms with Crippen LogP contribution in [-0.4, -0.2) is 46.9 Å². The summed E-state index contributed by atoms with van der Waals surface area (Å²) >= 11 is 1.78. The Kier molecular flexibility index (Phi) is 4.81. The Morgan fingerprint density at radius 2 is 1.96 bits per heavy atom. The Balaban J connectivity index is 1.27. The van der Waals surface area contributed by atoms with Crippen LogP contribution < -0.4 is 0 Å². The molecule has 2 aromatic rings. The topological polar surface area (TPSA) is 36.4 Å². The second-order valence-corrected chi connectivity index (χ2v) is 7.77. The number of nitrogens with zero attached hydrogens (tertiary/aromatic N) is 3. The van der Waals surface area contributed by atoms with Crippen molar-refractivity contribution in [2.24, 2.45) is 0 Å². The van der Waals surface area contributed by atoms with Gasteiger partial charge in [-0.1, -0.05) is 18.2 Å². The SMILES string of the molecule is O=C(Cc1ccccc1F)N1CCN(Cc2csc(C3CC3)n2)CC1. The Labute approximate surface area is 151 Å². The van der Waals surface area contributed by atoms with E-state index >= 15 is 0 Å². The Hall–Kier alpha value is -1.79. The summed E-state index contributed by atoms with van der Waals surface area (Å²) in [6.45, 7) is 3.96. The van der Waals surface area contributed by atoms with E-state index in [1.54, 1.807) is 29.5 Å². The number of aromatic nitrogens is 1. The highest BCUT2D eigenvalue weighted by Crippen LogP contribution is 2.41. The number of halogens is 1. The molecule has 1 amide bonds. The van der Waals surface area contributed by atoms with Crippen molar-refractivity contribution >= 4 is 17.2 Å². The monoisotopic (exact) mass is 359 g/mol. The highest BCUT2D eigenvalue weighted by Gasteiger charge is 2.27. The normalized spacial score (nSPS) is 18.5. The molecule has 0 spiro atoms. The zero-order valence-electron chi connectivity index (χ0n) is 14.2. The van der Waals surface area contributed by atoms with Gasteiger partial charge < -0.3 is 4.90 Å². The van der Waals surface area contributed by atoms with E-state index in [2.05, 4.69) is 10.3 Å². The van der Waals surface area contributed by atoms with Crippen LogP contribution in [0.2, 0.25) is 0 Å². The predicted molar refractivity (Wildman–Crippen MR) is 96.1 cm³/mol. The van der Waals surface area contributed by atoms with Gasteiger partial charge in [0.25, 0.3) is 0 Å². The third-order valence-electron chi connectivity index (χ3n) is 4.91. The van der Waals surface area contributed by atoms with Crippen LogP contribution in [0.25, 0.3) is 0 Å². The van der Waals surface area contributed by atoms with E-state index in [0.717, 1.165) is 25.3 Å². The molecule has 0 radical (unpaired) electrons. The molecular weight excluding hydrogens is 337 g/mol. The summed E-state index contributed by atoms with van der Waals surface area (Å²) in [7, 11) is 0. The summed E-state index contributed by atoms with van der Waals surface area (Å²) in [6.07, 6.45) is 2.72. The van der Waals surface area contributed by atoms with Crippen LogP contribution in [0, 0.1) is 5.82 Å². The van der Waals surface area contributed by atoms with Crippen LogP contribution in [0.1, 0.15) is 35.0 Å². The van der Waals surface area contributed by atoms with Gasteiger partial charge in [-0.3, -0.25) is 9.69 Å². The van der Waals surface area contributed by atoms with Gasteiger partial charge in [0.1, 0.15) is 5.82 Å². The first-order chi connectivity index (χ1) is 12.2. The quantitative estimate of drug-likeness (QED) is 0.823. The Morgan fingerprint density at radius 3 is 2.68 bits per heavy atom. The molecule has 1 aromatic carbocycles. The van der Waals surface area contributed by atoms with E-state index in [4.69, 9.17) is 4.98 Å². The van der Waals surface area contributed by atoms with Crippen LogP contribution in [0.5, 0.6) is 0 Å². The zero-order valence-corrected chi connectivity index (χ0v) is 15.0. The number of rotatable bonds is 5. The van der Waals surface area contributed by atoms with E-state index in [0.29, 0.717) is 24.6 Å². The molecule has 0 N–H and O–H groups in total. The maximum atomic E-state index is 13.7. The smallest absolute Gasteiger partial charge is 0.227 e. The number of benzene rings is 1. The minimum Gasteiger partial charge on any atom is -0.340 e. The van der Waals surface area contributed by atoms with Gasteiger partial charge in [-0.2, -0.15) is 0 Å². The zero-order chi connectivity index (χ0) is 17.2. The number of thiazole rings is 1. The molecule has 0 unspecified atom stereocenters. The van der Waals surface area contributed by atoms with Crippen molar-refractivity contribution in [3.8, 4) is 0 Å². The Morgan fingerprint density at radius 1 is 1.20 bits per heavy atom. The van der Waals surface area contributed by atoms with E-state index in [-0.39, 0.29) is 18.1 Å². The number of carbonyl (C=O) groups is 1. The van der Waals surface area contributed by atoms with Gasteiger partial charge in [-0.15, -0.1) is 11.3 Å². The lowest BCUT2D eigenvalue weighted by Crippen LogP contribution is -2.48. The molecule has 1 aliphatic carbocycles. The highest BCUT2D eigenvalue weighted by molar-refractivity contribution is 7.09. The van der Waals surface area contributed by atoms with Crippen LogP contribution in [-0.2, 0) is 17.8 Å². The van der Waals surface area contributed by atoms with E-state index in [1.807, 2.05) is 4.90 Å². The van der Waals surface area contributed by atoms with Gasteiger partial charge in [0, 0.05) is 44.0 Å². The summed E-state index contributed by atoms with van der Waals surface area (Å²) in [4.78, 5) is 21.3. The first-order valence-electron chi connectivity index (χ1n) is 8.87. The standard InChI is InChI=1S/C19H22FN3OS/c20-17-4-2-1-3-15(17)11-18(24)23-9-7-22(8-10-23)12-16-13-25-19(21-16)14-5-6-14/h1-4,13-14H,5-12H2. The maximum Gasteiger partial charge on any atom is 0.227 e. The fourth-order valence-electron chi connectivity index (χ4n) is 3.21. The lowest BCUT2D eigenvalue weighted by molar-refractivity contribution is -0.132. The van der Waals surface area contributed by atoms with Crippen LogP contribution in [0.4, 0.5) is 4.39 Å². The molecule has 1 aromatic heterocycles. The number of amides is 1. The van der Waals surface area contributed by atoms with Crippen molar-refractivity contribution < 1.29 is 9.18 Å². The number of piperazine rings is 1. The number of carbonyl (C=O) groups excluding carboxylic acids is 1. The third kappa shape index (κ3) is 4.07. The molecule has 6 heteroatoms. The molecule has 0 bridgehead atoms. The van der Waals surface area contributed by atoms with Crippen molar-refractivity contribution in [3.05, 3.63) is 51.7 Å². The molecule has 4 nitrogen and oxygen atoms in total. The van der Waals surface area contributed by atoms with Gasteiger partial charge in [0.15, 0.2) is 0 Å². The molecule has 2 aliphatic rings. The molecule has 4 rings (SSSR count). The van der Waals surface area contributed by atoms with Gasteiger partial charge >= 0.3 is 0 Å². The third-order valence-corrected chi connectivity index (χ3v) is 5.96. The maximum absolute atomic E-state index is 13.7. The Bertz CT molecular complexity index is 751. The molecule has 1 saturated heterocycles. The summed E-state index contributed by atoms with van der Waals surface area (Å²) in [5, 5.41) is 3.46. The van der Waals surface area contributed by atoms with Crippen molar-refractivity contribution in [1.29, 1.82) is 0 Å². The number of hydrogen-bond acceptors (Lipinski definition) is 4. The molecule has 132 valence electrons. The summed E-state index contributed by atoms with van der Waals surface area (Å²) < 4.78 is 13.7. The van der Waals surface area contributed by atoms with Gasteiger partial charge in [-0.25, -0.2) is 9.37 Å². The van der Waals surface area contributed by atoms with Gasteiger partial charge in [0.2, 0.25) is 5.91 Å². The van der Waals surface area contributed by atoms with Crippen LogP contribution in [0.3, 0.4) is 0 Å². The molecule has 2 fully saturated rings. The fraction of sp³-hybridized carbons (Fsp3) is 0.474. The molecule has 1 saturated carbocycles. The van der Waals surface area contributed by atoms with E-state index < -0.39 is 0 Å². The van der Waals surface area contributed by atoms with Crippen LogP contribution in [0.15, 0.2) is 29.6 Å². The average molecular weight is 359 g/mol. The van der Waals surface area contributed by atoms with Gasteiger partial charge in [-0.05, 0) is 24.5 Å². The average Bonchev–Trinajstić information content (AvgIpc) is 3.37. The van der Waals surface area contributed by atoms with E-state index in [1.165, 1.54) is 23.9 Å². The highest BCUT2D eigenvalue weighted by atomic mass is 32.1. The second kappa shape index (κ2) is 7.22. The van der Waals surface area contributed by atoms with Crippen molar-refractivity contribution in [1.82, 2.24) is 14.8 Å². The van der Waals surface area contributed by atoms with Crippen molar-refractivity contribution in [2.75, 3.05) is 26.2 Å². The van der Waals surface area contributed by atoms with Crippen molar-refractivity contribution in [2.45, 2.75) is 31.7 Å². The lowest BCUT2D eigenvalue weighted by atomic mass is 10.1. The molecule has 0 atom stereocenters. The van der Waals surface area contributed by atoms with Crippen molar-refractivity contribution in [3.63, 3.8) is 0 Å². The molecule has 25 heavy (non-hydrogen) atoms. The summed E-state index contributed by atoms with van der Waals surface area (Å²) in [6, 6.07) is 6.51. The van der Waals surface area contributed by atoms with Crippen LogP contribution >= 0.6 is 11.3 Å². The summed E-state index contributed by atoms with van der Waals surface area (Å²) in [5.41, 5.74) is 1.63. The minimum atomic E-state index is -0.301. The molecule has 2 heterocycles. The molecule has 1 aliphatic heterocycles. The first kappa shape index (κ1) is 16.7. The minimum absolute atomic E-state index is 0.00873. The van der Waals surface area contributed by atoms with Gasteiger partial charge in [0.05, 0.1) is 17.1 Å². The second-order valence-electron chi connectivity index (χ2n) is 6.88. The predicted octanol–water partition coefficient (Wildman–Crippen LogP) is 3.05. The fourth-order valence-corrected chi connectivity index (χ4v) is 4.20. The molecular formula is C19H22FN3OS. The first-order valence-corrected chi connectivity index (χ1v) is 9.75. The summed E-state index contributed by atoms with van der Waals surface area (Å²) in [5.74, 6) is 0.422. The largest absolute Gasteiger partial charge is 0.340 e. The van der Waals surface area contributed by atoms with E-state index in [9.17, 15) is 9.18 Å².